The van der Waals surface area contributed by atoms with Gasteiger partial charge in [0.1, 0.15) is 0 Å². The minimum absolute atomic E-state index is 0.114. The van der Waals surface area contributed by atoms with Crippen molar-refractivity contribution in [2.45, 2.75) is 44.6 Å². The largest absolute Gasteiger partial charge is 0.322 e. The number of H-pyrrole nitrogens is 1. The first-order valence-corrected chi connectivity index (χ1v) is 6.31. The summed E-state index contributed by atoms with van der Waals surface area (Å²) >= 11 is 0. The molecule has 0 spiro atoms. The van der Waals surface area contributed by atoms with E-state index in [0.29, 0.717) is 11.6 Å². The second-order valence-electron chi connectivity index (χ2n) is 4.82. The molecular weight excluding hydrogens is 216 g/mol. The molecule has 5 nitrogen and oxygen atoms in total. The Bertz CT molecular complexity index is 343. The Morgan fingerprint density at radius 1 is 1.53 bits per heavy atom. The highest BCUT2D eigenvalue weighted by Gasteiger charge is 2.21. The highest BCUT2D eigenvalue weighted by molar-refractivity contribution is 5.94. The van der Waals surface area contributed by atoms with Crippen molar-refractivity contribution < 1.29 is 4.79 Å². The SMILES string of the molecule is NC(CC1CCCCC1)C(=O)Nc1cn[nH]c1. The molecule has 1 amide bonds. The van der Waals surface area contributed by atoms with Crippen LogP contribution in [0.2, 0.25) is 0 Å². The topological polar surface area (TPSA) is 83.8 Å². The minimum atomic E-state index is -0.409. The van der Waals surface area contributed by atoms with Gasteiger partial charge in [-0.3, -0.25) is 9.89 Å². The lowest BCUT2D eigenvalue weighted by molar-refractivity contribution is -0.117. The fourth-order valence-corrected chi connectivity index (χ4v) is 2.44. The number of nitrogens with one attached hydrogen (secondary N) is 2. The maximum atomic E-state index is 11.8. The van der Waals surface area contributed by atoms with Gasteiger partial charge < -0.3 is 11.1 Å². The van der Waals surface area contributed by atoms with E-state index in [1.807, 2.05) is 0 Å². The summed E-state index contributed by atoms with van der Waals surface area (Å²) in [7, 11) is 0. The van der Waals surface area contributed by atoms with Crippen LogP contribution >= 0.6 is 0 Å². The molecule has 1 heterocycles. The summed E-state index contributed by atoms with van der Waals surface area (Å²) in [4.78, 5) is 11.8. The lowest BCUT2D eigenvalue weighted by atomic mass is 9.85. The number of aromatic amines is 1. The van der Waals surface area contributed by atoms with Crippen molar-refractivity contribution >= 4 is 11.6 Å². The van der Waals surface area contributed by atoms with Crippen molar-refractivity contribution in [1.29, 1.82) is 0 Å². The van der Waals surface area contributed by atoms with Crippen molar-refractivity contribution in [3.63, 3.8) is 0 Å². The molecule has 1 saturated carbocycles. The number of nitrogens with zero attached hydrogens (tertiary/aromatic N) is 1. The zero-order valence-corrected chi connectivity index (χ0v) is 9.98. The summed E-state index contributed by atoms with van der Waals surface area (Å²) in [5, 5.41) is 9.17. The van der Waals surface area contributed by atoms with Crippen LogP contribution in [0.4, 0.5) is 5.69 Å². The second-order valence-corrected chi connectivity index (χ2v) is 4.82. The maximum absolute atomic E-state index is 11.8. The molecule has 0 aromatic carbocycles. The van der Waals surface area contributed by atoms with E-state index in [2.05, 4.69) is 15.5 Å². The van der Waals surface area contributed by atoms with Gasteiger partial charge in [-0.2, -0.15) is 5.10 Å². The first kappa shape index (κ1) is 12.1. The van der Waals surface area contributed by atoms with Crippen LogP contribution in [0, 0.1) is 5.92 Å². The summed E-state index contributed by atoms with van der Waals surface area (Å²) < 4.78 is 0. The fourth-order valence-electron chi connectivity index (χ4n) is 2.44. The predicted octanol–water partition coefficient (Wildman–Crippen LogP) is 1.65. The van der Waals surface area contributed by atoms with E-state index in [9.17, 15) is 4.79 Å². The minimum Gasteiger partial charge on any atom is -0.322 e. The number of anilines is 1. The van der Waals surface area contributed by atoms with E-state index >= 15 is 0 Å². The third-order valence-electron chi connectivity index (χ3n) is 3.41. The molecule has 2 rings (SSSR count). The molecule has 0 saturated heterocycles. The molecule has 0 aliphatic heterocycles. The number of carbonyl (C=O) groups excluding carboxylic acids is 1. The van der Waals surface area contributed by atoms with Gasteiger partial charge in [0.15, 0.2) is 0 Å². The number of carbonyl (C=O) groups is 1. The number of hydrogen-bond donors (Lipinski definition) is 3. The predicted molar refractivity (Wildman–Crippen MR) is 66.4 cm³/mol. The maximum Gasteiger partial charge on any atom is 0.241 e. The van der Waals surface area contributed by atoms with Gasteiger partial charge in [-0.1, -0.05) is 32.1 Å². The Morgan fingerprint density at radius 2 is 2.29 bits per heavy atom. The molecule has 1 aromatic heterocycles. The number of rotatable bonds is 4. The zero-order chi connectivity index (χ0) is 12.1. The monoisotopic (exact) mass is 236 g/mol. The molecule has 1 unspecified atom stereocenters. The van der Waals surface area contributed by atoms with E-state index in [1.165, 1.54) is 32.1 Å². The molecule has 17 heavy (non-hydrogen) atoms. The lowest BCUT2D eigenvalue weighted by Gasteiger charge is -2.23. The summed E-state index contributed by atoms with van der Waals surface area (Å²) in [5.41, 5.74) is 6.60. The molecule has 94 valence electrons. The Morgan fingerprint density at radius 3 is 2.94 bits per heavy atom. The van der Waals surface area contributed by atoms with Crippen LogP contribution in [0.5, 0.6) is 0 Å². The van der Waals surface area contributed by atoms with Gasteiger partial charge in [-0.25, -0.2) is 0 Å². The summed E-state index contributed by atoms with van der Waals surface area (Å²) in [6.07, 6.45) is 10.3. The highest BCUT2D eigenvalue weighted by Crippen LogP contribution is 2.27. The van der Waals surface area contributed by atoms with Crippen LogP contribution in [0.15, 0.2) is 12.4 Å². The summed E-state index contributed by atoms with van der Waals surface area (Å²) in [5.74, 6) is 0.505. The second kappa shape index (κ2) is 5.82. The first-order valence-electron chi connectivity index (χ1n) is 6.31. The Hall–Kier alpha value is -1.36. The standard InChI is InChI=1S/C12H20N4O/c13-11(6-9-4-2-1-3-5-9)12(17)16-10-7-14-15-8-10/h7-9,11H,1-6,13H2,(H,14,15)(H,16,17). The van der Waals surface area contributed by atoms with Crippen molar-refractivity contribution in [2.75, 3.05) is 5.32 Å². The average Bonchev–Trinajstić information content (AvgIpc) is 2.83. The van der Waals surface area contributed by atoms with Gasteiger partial charge in [0.25, 0.3) is 0 Å². The smallest absolute Gasteiger partial charge is 0.241 e. The zero-order valence-electron chi connectivity index (χ0n) is 9.98. The molecule has 4 N–H and O–H groups in total. The van der Waals surface area contributed by atoms with Gasteiger partial charge in [0.2, 0.25) is 5.91 Å². The Kier molecular flexibility index (Phi) is 4.14. The summed E-state index contributed by atoms with van der Waals surface area (Å²) in [6.45, 7) is 0. The fraction of sp³-hybridized carbons (Fsp3) is 0.667. The lowest BCUT2D eigenvalue weighted by Crippen LogP contribution is -2.37. The normalized spacial score (nSPS) is 18.9. The molecule has 1 fully saturated rings. The van der Waals surface area contributed by atoms with E-state index in [1.54, 1.807) is 12.4 Å². The molecule has 5 heteroatoms. The molecular formula is C12H20N4O. The van der Waals surface area contributed by atoms with E-state index < -0.39 is 6.04 Å². The number of nitrogens with two attached hydrogens (primary N) is 1. The molecule has 1 aliphatic rings. The van der Waals surface area contributed by atoms with Crippen molar-refractivity contribution in [3.8, 4) is 0 Å². The molecule has 1 aromatic rings. The van der Waals surface area contributed by atoms with Gasteiger partial charge in [-0.05, 0) is 12.3 Å². The number of aromatic nitrogens is 2. The molecule has 0 bridgehead atoms. The van der Waals surface area contributed by atoms with Crippen LogP contribution in [-0.2, 0) is 4.79 Å². The number of hydrogen-bond acceptors (Lipinski definition) is 3. The average molecular weight is 236 g/mol. The third-order valence-corrected chi connectivity index (χ3v) is 3.41. The Balaban J connectivity index is 1.78. The van der Waals surface area contributed by atoms with E-state index in [-0.39, 0.29) is 5.91 Å². The van der Waals surface area contributed by atoms with E-state index in [4.69, 9.17) is 5.73 Å². The molecule has 0 radical (unpaired) electrons. The molecule has 1 aliphatic carbocycles. The van der Waals surface area contributed by atoms with Gasteiger partial charge >= 0.3 is 0 Å². The van der Waals surface area contributed by atoms with Gasteiger partial charge in [0, 0.05) is 6.20 Å². The van der Waals surface area contributed by atoms with Crippen LogP contribution in [0.25, 0.3) is 0 Å². The van der Waals surface area contributed by atoms with E-state index in [0.717, 1.165) is 6.42 Å². The highest BCUT2D eigenvalue weighted by atomic mass is 16.2. The van der Waals surface area contributed by atoms with Crippen LogP contribution in [0.3, 0.4) is 0 Å². The van der Waals surface area contributed by atoms with Gasteiger partial charge in [0.05, 0.1) is 17.9 Å². The van der Waals surface area contributed by atoms with Crippen LogP contribution in [-0.4, -0.2) is 22.1 Å². The van der Waals surface area contributed by atoms with Crippen molar-refractivity contribution in [3.05, 3.63) is 12.4 Å². The quantitative estimate of drug-likeness (QED) is 0.743. The first-order chi connectivity index (χ1) is 8.25. The van der Waals surface area contributed by atoms with Crippen LogP contribution in [0.1, 0.15) is 38.5 Å². The van der Waals surface area contributed by atoms with Crippen molar-refractivity contribution in [1.82, 2.24) is 10.2 Å². The molecule has 1 atom stereocenters. The summed E-state index contributed by atoms with van der Waals surface area (Å²) in [6, 6.07) is -0.409. The Labute approximate surface area is 101 Å². The number of amides is 1. The van der Waals surface area contributed by atoms with Gasteiger partial charge in [-0.15, -0.1) is 0 Å². The van der Waals surface area contributed by atoms with Crippen molar-refractivity contribution in [2.24, 2.45) is 11.7 Å². The third kappa shape index (κ3) is 3.56. The van der Waals surface area contributed by atoms with Crippen LogP contribution < -0.4 is 11.1 Å².